The lowest BCUT2D eigenvalue weighted by Gasteiger charge is -2.19. The Bertz CT molecular complexity index is 579. The van der Waals surface area contributed by atoms with Gasteiger partial charge in [-0.15, -0.1) is 0 Å². The summed E-state index contributed by atoms with van der Waals surface area (Å²) in [5.41, 5.74) is 0.548. The average molecular weight is 277 g/mol. The minimum absolute atomic E-state index is 0.177. The molecule has 6 heteroatoms. The van der Waals surface area contributed by atoms with Gasteiger partial charge in [0, 0.05) is 19.3 Å². The molecule has 1 aliphatic heterocycles. The van der Waals surface area contributed by atoms with Crippen LogP contribution in [0.1, 0.15) is 25.0 Å². The maximum atomic E-state index is 12.2. The Hall–Kier alpha value is -2.11. The first-order valence-corrected chi connectivity index (χ1v) is 6.75. The largest absolute Gasteiger partial charge is 0.345 e. The molecule has 2 rings (SSSR count). The van der Waals surface area contributed by atoms with E-state index in [4.69, 9.17) is 0 Å². The number of hydrogen-bond donors (Lipinski definition) is 2. The molecule has 0 unspecified atom stereocenters. The van der Waals surface area contributed by atoms with E-state index in [-0.39, 0.29) is 17.2 Å². The van der Waals surface area contributed by atoms with Crippen LogP contribution in [-0.2, 0) is 9.59 Å². The molecule has 0 spiro atoms. The summed E-state index contributed by atoms with van der Waals surface area (Å²) in [7, 11) is 1.70. The number of nitrogens with one attached hydrogen (secondary N) is 2. The number of anilines is 1. The molecular weight excluding hydrogens is 258 g/mol. The van der Waals surface area contributed by atoms with E-state index >= 15 is 0 Å². The van der Waals surface area contributed by atoms with Gasteiger partial charge in [0.1, 0.15) is 11.6 Å². The highest BCUT2D eigenvalue weighted by Gasteiger charge is 2.31. The Balaban J connectivity index is 2.14. The first kappa shape index (κ1) is 14.3. The van der Waals surface area contributed by atoms with E-state index in [9.17, 15) is 14.4 Å². The number of H-pyrrole nitrogens is 1. The number of aromatic nitrogens is 1. The van der Waals surface area contributed by atoms with Gasteiger partial charge in [0.2, 0.25) is 11.8 Å². The number of nitrogens with zero attached hydrogens (tertiary/aromatic N) is 1. The lowest BCUT2D eigenvalue weighted by Crippen LogP contribution is -2.38. The number of carbonyl (C=O) groups excluding carboxylic acids is 2. The molecule has 1 atom stereocenters. The fraction of sp³-hybridized carbons (Fsp3) is 0.500. The number of pyridine rings is 1. The molecule has 1 saturated heterocycles. The Morgan fingerprint density at radius 1 is 1.35 bits per heavy atom. The summed E-state index contributed by atoms with van der Waals surface area (Å²) >= 11 is 0. The van der Waals surface area contributed by atoms with Crippen LogP contribution in [0.5, 0.6) is 0 Å². The second-order valence-electron chi connectivity index (χ2n) is 5.18. The van der Waals surface area contributed by atoms with Crippen molar-refractivity contribution in [1.82, 2.24) is 9.88 Å². The van der Waals surface area contributed by atoms with Crippen LogP contribution in [0.3, 0.4) is 0 Å². The first-order chi connectivity index (χ1) is 9.49. The molecule has 0 aromatic carbocycles. The molecule has 1 aromatic rings. The van der Waals surface area contributed by atoms with Gasteiger partial charge in [-0.1, -0.05) is 6.42 Å². The Kier molecular flexibility index (Phi) is 4.22. The molecule has 0 bridgehead atoms. The number of rotatable bonds is 2. The van der Waals surface area contributed by atoms with E-state index in [1.165, 1.54) is 0 Å². The minimum atomic E-state index is -0.705. The summed E-state index contributed by atoms with van der Waals surface area (Å²) in [4.78, 5) is 40.2. The molecule has 1 aliphatic rings. The number of hydrogen-bond acceptors (Lipinski definition) is 3. The van der Waals surface area contributed by atoms with Gasteiger partial charge in [-0.3, -0.25) is 14.4 Å². The summed E-state index contributed by atoms with van der Waals surface area (Å²) in [5, 5.41) is 2.56. The van der Waals surface area contributed by atoms with Crippen molar-refractivity contribution in [2.24, 2.45) is 5.92 Å². The first-order valence-electron chi connectivity index (χ1n) is 6.75. The Morgan fingerprint density at radius 3 is 2.80 bits per heavy atom. The van der Waals surface area contributed by atoms with Crippen LogP contribution in [0.2, 0.25) is 0 Å². The van der Waals surface area contributed by atoms with E-state index in [1.807, 2.05) is 0 Å². The van der Waals surface area contributed by atoms with Gasteiger partial charge < -0.3 is 15.2 Å². The fourth-order valence-corrected chi connectivity index (χ4v) is 2.33. The quantitative estimate of drug-likeness (QED) is 0.787. The Labute approximate surface area is 117 Å². The zero-order valence-electron chi connectivity index (χ0n) is 11.7. The van der Waals surface area contributed by atoms with E-state index in [0.717, 1.165) is 18.5 Å². The second kappa shape index (κ2) is 5.90. The van der Waals surface area contributed by atoms with Crippen LogP contribution in [0.15, 0.2) is 16.9 Å². The molecule has 2 amide bonds. The summed E-state index contributed by atoms with van der Waals surface area (Å²) < 4.78 is 0. The predicted octanol–water partition coefficient (Wildman–Crippen LogP) is 0.880. The molecule has 0 saturated carbocycles. The van der Waals surface area contributed by atoms with Gasteiger partial charge in [0.05, 0.1) is 0 Å². The van der Waals surface area contributed by atoms with Gasteiger partial charge in [-0.05, 0) is 31.9 Å². The second-order valence-corrected chi connectivity index (χ2v) is 5.18. The lowest BCUT2D eigenvalue weighted by molar-refractivity contribution is -0.138. The summed E-state index contributed by atoms with van der Waals surface area (Å²) in [6.07, 6.45) is 2.26. The molecule has 0 aliphatic carbocycles. The van der Waals surface area contributed by atoms with Crippen LogP contribution in [0.25, 0.3) is 0 Å². The molecule has 108 valence electrons. The smallest absolute Gasteiger partial charge is 0.271 e. The topological polar surface area (TPSA) is 82.3 Å². The van der Waals surface area contributed by atoms with Crippen LogP contribution in [-0.4, -0.2) is 35.3 Å². The summed E-state index contributed by atoms with van der Waals surface area (Å²) in [5.74, 6) is -1.29. The monoisotopic (exact) mass is 277 g/mol. The van der Waals surface area contributed by atoms with Crippen molar-refractivity contribution in [3.05, 3.63) is 28.2 Å². The Morgan fingerprint density at radius 2 is 2.10 bits per heavy atom. The number of likely N-dealkylation sites (tertiary alicyclic amines) is 1. The number of aryl methyl sites for hydroxylation is 1. The van der Waals surface area contributed by atoms with Gasteiger partial charge in [-0.2, -0.15) is 0 Å². The molecular formula is C14H19N3O3. The maximum absolute atomic E-state index is 12.2. The van der Waals surface area contributed by atoms with Gasteiger partial charge in [-0.25, -0.2) is 0 Å². The van der Waals surface area contributed by atoms with Crippen molar-refractivity contribution in [3.63, 3.8) is 0 Å². The van der Waals surface area contributed by atoms with Gasteiger partial charge in [0.25, 0.3) is 5.56 Å². The van der Waals surface area contributed by atoms with Crippen molar-refractivity contribution >= 4 is 17.5 Å². The van der Waals surface area contributed by atoms with Crippen LogP contribution >= 0.6 is 0 Å². The number of carbonyl (C=O) groups is 2. The predicted molar refractivity (Wildman–Crippen MR) is 75.4 cm³/mol. The number of aromatic amines is 1. The fourth-order valence-electron chi connectivity index (χ4n) is 2.33. The molecule has 1 fully saturated rings. The molecule has 0 radical (unpaired) electrons. The van der Waals surface area contributed by atoms with E-state index in [1.54, 1.807) is 31.0 Å². The average Bonchev–Trinajstić information content (AvgIpc) is 2.56. The molecule has 20 heavy (non-hydrogen) atoms. The van der Waals surface area contributed by atoms with E-state index < -0.39 is 11.8 Å². The third-order valence-corrected chi connectivity index (χ3v) is 3.54. The molecule has 2 heterocycles. The molecule has 2 N–H and O–H groups in total. The zero-order valence-corrected chi connectivity index (χ0v) is 11.7. The minimum Gasteiger partial charge on any atom is -0.345 e. The summed E-state index contributed by atoms with van der Waals surface area (Å²) in [6.45, 7) is 2.44. The third-order valence-electron chi connectivity index (χ3n) is 3.54. The van der Waals surface area contributed by atoms with Crippen molar-refractivity contribution in [3.8, 4) is 0 Å². The van der Waals surface area contributed by atoms with E-state index in [0.29, 0.717) is 13.0 Å². The molecule has 1 aromatic heterocycles. The van der Waals surface area contributed by atoms with Crippen molar-refractivity contribution in [2.45, 2.75) is 26.2 Å². The SMILES string of the molecule is Cc1ccc(NC(=O)[C@@H]2CCCCN(C)C2=O)c(=O)[nH]1. The van der Waals surface area contributed by atoms with Crippen LogP contribution < -0.4 is 10.9 Å². The third kappa shape index (κ3) is 3.07. The van der Waals surface area contributed by atoms with Crippen molar-refractivity contribution < 1.29 is 9.59 Å². The number of amides is 2. The molecule has 6 nitrogen and oxygen atoms in total. The normalized spacial score (nSPS) is 19.6. The van der Waals surface area contributed by atoms with Crippen molar-refractivity contribution in [1.29, 1.82) is 0 Å². The van der Waals surface area contributed by atoms with E-state index in [2.05, 4.69) is 10.3 Å². The highest BCUT2D eigenvalue weighted by Crippen LogP contribution is 2.18. The van der Waals surface area contributed by atoms with Gasteiger partial charge in [0.15, 0.2) is 0 Å². The van der Waals surface area contributed by atoms with Crippen LogP contribution in [0.4, 0.5) is 5.69 Å². The highest BCUT2D eigenvalue weighted by molar-refractivity contribution is 6.06. The standard InChI is InChI=1S/C14H19N3O3/c1-9-6-7-11(13(19)15-9)16-12(18)10-5-3-4-8-17(2)14(10)20/h6-7,10H,3-5,8H2,1-2H3,(H,15,19)(H,16,18)/t10-/m0/s1. The summed E-state index contributed by atoms with van der Waals surface area (Å²) in [6, 6.07) is 3.26. The van der Waals surface area contributed by atoms with Crippen LogP contribution in [0, 0.1) is 12.8 Å². The zero-order chi connectivity index (χ0) is 14.7. The van der Waals surface area contributed by atoms with Gasteiger partial charge >= 0.3 is 0 Å². The van der Waals surface area contributed by atoms with Crippen molar-refractivity contribution in [2.75, 3.05) is 18.9 Å². The highest BCUT2D eigenvalue weighted by atomic mass is 16.2. The lowest BCUT2D eigenvalue weighted by atomic mass is 10.0. The maximum Gasteiger partial charge on any atom is 0.271 e.